The number of nitrogens with zero attached hydrogens (tertiary/aromatic N) is 1. The molecule has 0 aliphatic carbocycles. The molecule has 2 rings (SSSR count). The molecule has 1 atom stereocenters. The summed E-state index contributed by atoms with van der Waals surface area (Å²) < 4.78 is 5.60. The van der Waals surface area contributed by atoms with Crippen molar-refractivity contribution in [3.8, 4) is 11.8 Å². The molecule has 1 N–H and O–H groups in total. The topological polar surface area (TPSA) is 62.1 Å². The first-order valence-corrected chi connectivity index (χ1v) is 7.12. The Bertz CT molecular complexity index is 738. The number of ether oxygens (including phenoxy) is 1. The van der Waals surface area contributed by atoms with Crippen LogP contribution in [0.2, 0.25) is 5.02 Å². The van der Waals surface area contributed by atoms with Crippen molar-refractivity contribution in [1.29, 1.82) is 5.26 Å². The van der Waals surface area contributed by atoms with Crippen molar-refractivity contribution in [3.63, 3.8) is 0 Å². The molecule has 0 aromatic heterocycles. The molecule has 5 heteroatoms. The lowest BCUT2D eigenvalue weighted by atomic mass is 10.2. The van der Waals surface area contributed by atoms with Crippen molar-refractivity contribution in [2.45, 2.75) is 20.0 Å². The second-order valence-electron chi connectivity index (χ2n) is 4.82. The molecule has 0 saturated heterocycles. The molecular formula is C17H15ClN2O2. The average molecular weight is 315 g/mol. The summed E-state index contributed by atoms with van der Waals surface area (Å²) in [6, 6.07) is 14.1. The Kier molecular flexibility index (Phi) is 5.03. The quantitative estimate of drug-likeness (QED) is 0.930. The molecule has 112 valence electrons. The Labute approximate surface area is 134 Å². The number of halogens is 1. The van der Waals surface area contributed by atoms with Crippen LogP contribution in [0.4, 0.5) is 5.69 Å². The van der Waals surface area contributed by atoms with Gasteiger partial charge in [-0.05, 0) is 49.7 Å². The van der Waals surface area contributed by atoms with E-state index in [0.717, 1.165) is 5.56 Å². The molecular weight excluding hydrogens is 300 g/mol. The van der Waals surface area contributed by atoms with Gasteiger partial charge in [0.15, 0.2) is 6.10 Å². The van der Waals surface area contributed by atoms with Gasteiger partial charge in [0.2, 0.25) is 0 Å². The van der Waals surface area contributed by atoms with Gasteiger partial charge >= 0.3 is 0 Å². The zero-order valence-corrected chi connectivity index (χ0v) is 13.0. The predicted molar refractivity (Wildman–Crippen MR) is 86.1 cm³/mol. The van der Waals surface area contributed by atoms with Crippen LogP contribution in [0.25, 0.3) is 0 Å². The number of nitriles is 1. The van der Waals surface area contributed by atoms with Crippen molar-refractivity contribution >= 4 is 23.2 Å². The first-order valence-electron chi connectivity index (χ1n) is 6.74. The molecule has 0 spiro atoms. The van der Waals surface area contributed by atoms with Gasteiger partial charge in [-0.1, -0.05) is 23.7 Å². The number of benzene rings is 2. The number of nitrogens with one attached hydrogen (secondary N) is 1. The molecule has 0 saturated carbocycles. The molecule has 2 aromatic carbocycles. The molecule has 0 radical (unpaired) electrons. The summed E-state index contributed by atoms with van der Waals surface area (Å²) in [6.07, 6.45) is -0.702. The second-order valence-corrected chi connectivity index (χ2v) is 5.22. The fourth-order valence-electron chi connectivity index (χ4n) is 1.87. The molecule has 22 heavy (non-hydrogen) atoms. The highest BCUT2D eigenvalue weighted by atomic mass is 35.5. The predicted octanol–water partition coefficient (Wildman–Crippen LogP) is 3.93. The minimum absolute atomic E-state index is 0.324. The van der Waals surface area contributed by atoms with Crippen LogP contribution in [0.5, 0.6) is 5.75 Å². The Morgan fingerprint density at radius 2 is 2.05 bits per heavy atom. The van der Waals surface area contributed by atoms with Crippen LogP contribution in [0.3, 0.4) is 0 Å². The number of hydrogen-bond donors (Lipinski definition) is 1. The van der Waals surface area contributed by atoms with Crippen LogP contribution < -0.4 is 10.1 Å². The van der Waals surface area contributed by atoms with Crippen LogP contribution in [0.15, 0.2) is 42.5 Å². The standard InChI is InChI=1S/C17H15ClN2O2/c1-11-9-14(7-8-15(11)18)22-12(2)17(21)20-16-6-4-3-5-13(16)10-19/h3-9,12H,1-2H3,(H,20,21)/t12-/m0/s1. The number of aryl methyl sites for hydroxylation is 1. The smallest absolute Gasteiger partial charge is 0.265 e. The van der Waals surface area contributed by atoms with Crippen molar-refractivity contribution in [1.82, 2.24) is 0 Å². The molecule has 0 unspecified atom stereocenters. The lowest BCUT2D eigenvalue weighted by Gasteiger charge is -2.15. The molecule has 0 bridgehead atoms. The molecule has 0 aliphatic heterocycles. The first kappa shape index (κ1) is 15.9. The number of carbonyl (C=O) groups excluding carboxylic acids is 1. The maximum atomic E-state index is 12.2. The summed E-state index contributed by atoms with van der Waals surface area (Å²) in [5.74, 6) is 0.244. The van der Waals surface area contributed by atoms with Gasteiger partial charge in [0.1, 0.15) is 11.8 Å². The highest BCUT2D eigenvalue weighted by Gasteiger charge is 2.16. The Balaban J connectivity index is 2.06. The highest BCUT2D eigenvalue weighted by molar-refractivity contribution is 6.31. The number of anilines is 1. The number of rotatable bonds is 4. The maximum absolute atomic E-state index is 12.2. The lowest BCUT2D eigenvalue weighted by molar-refractivity contribution is -0.122. The SMILES string of the molecule is Cc1cc(O[C@@H](C)C(=O)Nc2ccccc2C#N)ccc1Cl. The van der Waals surface area contributed by atoms with Gasteiger partial charge in [-0.25, -0.2) is 0 Å². The summed E-state index contributed by atoms with van der Waals surface area (Å²) in [5.41, 5.74) is 1.75. The largest absolute Gasteiger partial charge is 0.481 e. The number of amides is 1. The zero-order chi connectivity index (χ0) is 16.1. The monoisotopic (exact) mass is 314 g/mol. The van der Waals surface area contributed by atoms with Gasteiger partial charge in [-0.15, -0.1) is 0 Å². The van der Waals surface area contributed by atoms with Crippen molar-refractivity contribution in [2.24, 2.45) is 0 Å². The van der Waals surface area contributed by atoms with Crippen LogP contribution in [0.1, 0.15) is 18.1 Å². The average Bonchev–Trinajstić information content (AvgIpc) is 2.51. The van der Waals surface area contributed by atoms with Gasteiger partial charge in [-0.2, -0.15) is 5.26 Å². The summed E-state index contributed by atoms with van der Waals surface area (Å²) in [6.45, 7) is 3.51. The molecule has 0 heterocycles. The van der Waals surface area contributed by atoms with Gasteiger partial charge in [0.05, 0.1) is 11.3 Å². The van der Waals surface area contributed by atoms with Crippen LogP contribution in [-0.4, -0.2) is 12.0 Å². The molecule has 4 nitrogen and oxygen atoms in total. The van der Waals surface area contributed by atoms with E-state index in [1.807, 2.05) is 13.0 Å². The van der Waals surface area contributed by atoms with E-state index in [1.54, 1.807) is 49.4 Å². The lowest BCUT2D eigenvalue weighted by Crippen LogP contribution is -2.30. The number of hydrogen-bond acceptors (Lipinski definition) is 3. The Hall–Kier alpha value is -2.51. The molecule has 2 aromatic rings. The first-order chi connectivity index (χ1) is 10.5. The van der Waals surface area contributed by atoms with E-state index in [-0.39, 0.29) is 5.91 Å². The van der Waals surface area contributed by atoms with E-state index in [0.29, 0.717) is 22.0 Å². The number of carbonyl (C=O) groups is 1. The third kappa shape index (κ3) is 3.78. The zero-order valence-electron chi connectivity index (χ0n) is 12.3. The minimum Gasteiger partial charge on any atom is -0.481 e. The van der Waals surface area contributed by atoms with Crippen LogP contribution >= 0.6 is 11.6 Å². The highest BCUT2D eigenvalue weighted by Crippen LogP contribution is 2.22. The molecule has 0 aliphatic rings. The van der Waals surface area contributed by atoms with Gasteiger partial charge in [0, 0.05) is 5.02 Å². The third-order valence-corrected chi connectivity index (χ3v) is 3.54. The summed E-state index contributed by atoms with van der Waals surface area (Å²) >= 11 is 5.95. The molecule has 1 amide bonds. The van der Waals surface area contributed by atoms with Crippen molar-refractivity contribution < 1.29 is 9.53 Å². The molecule has 0 fully saturated rings. The van der Waals surface area contributed by atoms with Crippen LogP contribution in [0, 0.1) is 18.3 Å². The summed E-state index contributed by atoms with van der Waals surface area (Å²) in [5, 5.41) is 12.4. The van der Waals surface area contributed by atoms with E-state index in [4.69, 9.17) is 21.6 Å². The fraction of sp³-hybridized carbons (Fsp3) is 0.176. The van der Waals surface area contributed by atoms with Gasteiger partial charge < -0.3 is 10.1 Å². The second kappa shape index (κ2) is 6.97. The van der Waals surface area contributed by atoms with E-state index in [1.165, 1.54) is 0 Å². The Morgan fingerprint density at radius 3 is 2.73 bits per heavy atom. The van der Waals surface area contributed by atoms with Crippen molar-refractivity contribution in [2.75, 3.05) is 5.32 Å². The maximum Gasteiger partial charge on any atom is 0.265 e. The summed E-state index contributed by atoms with van der Waals surface area (Å²) in [4.78, 5) is 12.2. The van der Waals surface area contributed by atoms with E-state index >= 15 is 0 Å². The minimum atomic E-state index is -0.702. The summed E-state index contributed by atoms with van der Waals surface area (Å²) in [7, 11) is 0. The Morgan fingerprint density at radius 1 is 1.32 bits per heavy atom. The third-order valence-electron chi connectivity index (χ3n) is 3.12. The van der Waals surface area contributed by atoms with Crippen molar-refractivity contribution in [3.05, 3.63) is 58.6 Å². The normalized spacial score (nSPS) is 11.4. The van der Waals surface area contributed by atoms with Gasteiger partial charge in [0.25, 0.3) is 5.91 Å². The van der Waals surface area contributed by atoms with Crippen LogP contribution in [-0.2, 0) is 4.79 Å². The fourth-order valence-corrected chi connectivity index (χ4v) is 1.99. The van der Waals surface area contributed by atoms with E-state index in [2.05, 4.69) is 5.32 Å². The van der Waals surface area contributed by atoms with Gasteiger partial charge in [-0.3, -0.25) is 4.79 Å². The number of para-hydroxylation sites is 1. The van der Waals surface area contributed by atoms with E-state index in [9.17, 15) is 4.79 Å². The van der Waals surface area contributed by atoms with E-state index < -0.39 is 6.10 Å².